The zero-order chi connectivity index (χ0) is 18.0. The highest BCUT2D eigenvalue weighted by Crippen LogP contribution is 2.25. The summed E-state index contributed by atoms with van der Waals surface area (Å²) < 4.78 is 25.0. The lowest BCUT2D eigenvalue weighted by molar-refractivity contribution is -0.134. The summed E-state index contributed by atoms with van der Waals surface area (Å²) in [6, 6.07) is 13.5. The largest absolute Gasteiger partial charge is 0.340 e. The molecule has 4 nitrogen and oxygen atoms in total. The van der Waals surface area contributed by atoms with Crippen molar-refractivity contribution in [3.8, 4) is 0 Å². The molecule has 1 saturated heterocycles. The lowest BCUT2D eigenvalue weighted by Gasteiger charge is -2.38. The van der Waals surface area contributed by atoms with E-state index in [-0.39, 0.29) is 23.9 Å². The molecule has 0 spiro atoms. The molecule has 0 radical (unpaired) electrons. The molecule has 1 aliphatic rings. The normalized spacial score (nSPS) is 15.0. The van der Waals surface area contributed by atoms with Gasteiger partial charge in [0.2, 0.25) is 5.91 Å². The van der Waals surface area contributed by atoms with Gasteiger partial charge >= 0.3 is 0 Å². The first-order chi connectivity index (χ1) is 11.9. The standard InChI is InChI=1S/C18H17Cl2NO3S/c19-14-5-7-16(8-6-14)25(23,24)17-11-21(12-17)18(22)9-4-13-2-1-3-15(20)10-13/h1-3,5-8,10,17H,4,9,11-12H2. The number of hydrogen-bond donors (Lipinski definition) is 0. The lowest BCUT2D eigenvalue weighted by Crippen LogP contribution is -2.56. The van der Waals surface area contributed by atoms with Crippen LogP contribution in [0.4, 0.5) is 0 Å². The molecule has 25 heavy (non-hydrogen) atoms. The van der Waals surface area contributed by atoms with Crippen LogP contribution in [0.3, 0.4) is 0 Å². The third kappa shape index (κ3) is 4.17. The second kappa shape index (κ2) is 7.36. The van der Waals surface area contributed by atoms with Crippen molar-refractivity contribution in [2.24, 2.45) is 0 Å². The van der Waals surface area contributed by atoms with E-state index in [1.54, 1.807) is 23.1 Å². The van der Waals surface area contributed by atoms with Crippen LogP contribution in [0.2, 0.25) is 10.0 Å². The summed E-state index contributed by atoms with van der Waals surface area (Å²) >= 11 is 11.7. The van der Waals surface area contributed by atoms with E-state index in [4.69, 9.17) is 23.2 Å². The van der Waals surface area contributed by atoms with Gasteiger partial charge in [0.1, 0.15) is 5.25 Å². The summed E-state index contributed by atoms with van der Waals surface area (Å²) in [7, 11) is -3.43. The fourth-order valence-corrected chi connectivity index (χ4v) is 4.75. The maximum atomic E-state index is 12.5. The summed E-state index contributed by atoms with van der Waals surface area (Å²) in [6.45, 7) is 0.471. The zero-order valence-electron chi connectivity index (χ0n) is 13.4. The van der Waals surface area contributed by atoms with Crippen molar-refractivity contribution < 1.29 is 13.2 Å². The van der Waals surface area contributed by atoms with Gasteiger partial charge in [-0.2, -0.15) is 0 Å². The molecule has 2 aromatic carbocycles. The molecule has 132 valence electrons. The van der Waals surface area contributed by atoms with Crippen LogP contribution in [-0.4, -0.2) is 37.6 Å². The second-order valence-corrected chi connectivity index (χ2v) is 9.15. The summed E-state index contributed by atoms with van der Waals surface area (Å²) in [5.74, 6) is -0.0393. The predicted octanol–water partition coefficient (Wildman–Crippen LogP) is 3.61. The maximum Gasteiger partial charge on any atom is 0.222 e. The molecule has 0 aliphatic carbocycles. The van der Waals surface area contributed by atoms with Crippen molar-refractivity contribution in [2.75, 3.05) is 13.1 Å². The number of carbonyl (C=O) groups excluding carboxylic acids is 1. The minimum Gasteiger partial charge on any atom is -0.340 e. The van der Waals surface area contributed by atoms with Crippen LogP contribution >= 0.6 is 23.2 Å². The van der Waals surface area contributed by atoms with E-state index in [1.807, 2.05) is 18.2 Å². The van der Waals surface area contributed by atoms with Gasteiger partial charge in [-0.15, -0.1) is 0 Å². The first kappa shape index (κ1) is 18.2. The average molecular weight is 398 g/mol. The van der Waals surface area contributed by atoms with Gasteiger partial charge in [-0.25, -0.2) is 8.42 Å². The van der Waals surface area contributed by atoms with Crippen LogP contribution in [-0.2, 0) is 21.1 Å². The molecule has 3 rings (SSSR count). The van der Waals surface area contributed by atoms with Crippen LogP contribution in [0, 0.1) is 0 Å². The van der Waals surface area contributed by atoms with E-state index >= 15 is 0 Å². The SMILES string of the molecule is O=C(CCc1cccc(Cl)c1)N1CC(S(=O)(=O)c2ccc(Cl)cc2)C1. The lowest BCUT2D eigenvalue weighted by atomic mass is 10.1. The van der Waals surface area contributed by atoms with Gasteiger partial charge in [0.15, 0.2) is 9.84 Å². The van der Waals surface area contributed by atoms with Gasteiger partial charge < -0.3 is 4.90 Å². The fourth-order valence-electron chi connectivity index (χ4n) is 2.76. The summed E-state index contributed by atoms with van der Waals surface area (Å²) in [5, 5.41) is 0.581. The van der Waals surface area contributed by atoms with Crippen molar-refractivity contribution in [2.45, 2.75) is 23.0 Å². The average Bonchev–Trinajstić information content (AvgIpc) is 2.52. The molecular weight excluding hydrogens is 381 g/mol. The summed E-state index contributed by atoms with van der Waals surface area (Å²) in [5.41, 5.74) is 0.992. The Balaban J connectivity index is 1.54. The quantitative estimate of drug-likeness (QED) is 0.773. The fraction of sp³-hybridized carbons (Fsp3) is 0.278. The van der Waals surface area contributed by atoms with Gasteiger partial charge in [-0.05, 0) is 48.4 Å². The molecular formula is C18H17Cl2NO3S. The summed E-state index contributed by atoms with van der Waals surface area (Å²) in [6.07, 6.45) is 0.929. The highest BCUT2D eigenvalue weighted by atomic mass is 35.5. The molecule has 1 heterocycles. The molecule has 0 bridgehead atoms. The van der Waals surface area contributed by atoms with E-state index in [1.165, 1.54) is 12.1 Å². The Hall–Kier alpha value is -1.56. The third-order valence-corrected chi connectivity index (χ3v) is 6.89. The van der Waals surface area contributed by atoms with Crippen LogP contribution < -0.4 is 0 Å². The topological polar surface area (TPSA) is 54.5 Å². The molecule has 0 N–H and O–H groups in total. The maximum absolute atomic E-state index is 12.5. The van der Waals surface area contributed by atoms with Crippen LogP contribution in [0.15, 0.2) is 53.4 Å². The van der Waals surface area contributed by atoms with Crippen LogP contribution in [0.1, 0.15) is 12.0 Å². The van der Waals surface area contributed by atoms with Crippen molar-refractivity contribution in [1.82, 2.24) is 4.90 Å². The predicted molar refractivity (Wildman–Crippen MR) is 98.8 cm³/mol. The highest BCUT2D eigenvalue weighted by molar-refractivity contribution is 7.92. The van der Waals surface area contributed by atoms with Gasteiger partial charge in [-0.3, -0.25) is 4.79 Å². The molecule has 0 unspecified atom stereocenters. The molecule has 0 aromatic heterocycles. The van der Waals surface area contributed by atoms with Gasteiger partial charge in [0, 0.05) is 29.6 Å². The molecule has 0 saturated carbocycles. The first-order valence-electron chi connectivity index (χ1n) is 7.88. The number of aryl methyl sites for hydroxylation is 1. The van der Waals surface area contributed by atoms with E-state index < -0.39 is 15.1 Å². The second-order valence-electron chi connectivity index (χ2n) is 6.05. The Morgan fingerprint density at radius 1 is 1.04 bits per heavy atom. The Morgan fingerprint density at radius 2 is 1.72 bits per heavy atom. The Kier molecular flexibility index (Phi) is 5.37. The first-order valence-corrected chi connectivity index (χ1v) is 10.2. The number of rotatable bonds is 5. The molecule has 2 aromatic rings. The Morgan fingerprint density at radius 3 is 2.36 bits per heavy atom. The van der Waals surface area contributed by atoms with E-state index in [0.29, 0.717) is 22.9 Å². The van der Waals surface area contributed by atoms with Crippen LogP contribution in [0.5, 0.6) is 0 Å². The Bertz CT molecular complexity index is 875. The molecule has 0 atom stereocenters. The van der Waals surface area contributed by atoms with E-state index in [9.17, 15) is 13.2 Å². The number of nitrogens with zero attached hydrogens (tertiary/aromatic N) is 1. The van der Waals surface area contributed by atoms with E-state index in [0.717, 1.165) is 5.56 Å². The number of carbonyl (C=O) groups is 1. The number of halogens is 2. The van der Waals surface area contributed by atoms with Crippen molar-refractivity contribution in [3.63, 3.8) is 0 Å². The van der Waals surface area contributed by atoms with Crippen LogP contribution in [0.25, 0.3) is 0 Å². The molecule has 1 fully saturated rings. The van der Waals surface area contributed by atoms with Crippen molar-refractivity contribution in [3.05, 3.63) is 64.1 Å². The van der Waals surface area contributed by atoms with Crippen molar-refractivity contribution >= 4 is 38.9 Å². The number of sulfone groups is 1. The van der Waals surface area contributed by atoms with Gasteiger partial charge in [0.25, 0.3) is 0 Å². The molecule has 1 aliphatic heterocycles. The molecule has 1 amide bonds. The smallest absolute Gasteiger partial charge is 0.222 e. The Labute approximate surface area is 157 Å². The summed E-state index contributed by atoms with van der Waals surface area (Å²) in [4.78, 5) is 14.0. The minimum absolute atomic E-state index is 0.0393. The van der Waals surface area contributed by atoms with E-state index in [2.05, 4.69) is 0 Å². The number of amides is 1. The monoisotopic (exact) mass is 397 g/mol. The highest BCUT2D eigenvalue weighted by Gasteiger charge is 2.40. The number of likely N-dealkylation sites (tertiary alicyclic amines) is 1. The minimum atomic E-state index is -3.43. The number of hydrogen-bond acceptors (Lipinski definition) is 3. The third-order valence-electron chi connectivity index (χ3n) is 4.30. The number of benzene rings is 2. The van der Waals surface area contributed by atoms with Crippen molar-refractivity contribution in [1.29, 1.82) is 0 Å². The zero-order valence-corrected chi connectivity index (χ0v) is 15.7. The van der Waals surface area contributed by atoms with Gasteiger partial charge in [0.05, 0.1) is 4.90 Å². The molecule has 7 heteroatoms. The van der Waals surface area contributed by atoms with Gasteiger partial charge in [-0.1, -0.05) is 35.3 Å².